The number of aryl methyl sites for hydroxylation is 1. The molecule has 2 aromatic rings. The molecule has 5 nitrogen and oxygen atoms in total. The van der Waals surface area contributed by atoms with Crippen LogP contribution in [-0.4, -0.2) is 23.5 Å². The van der Waals surface area contributed by atoms with E-state index in [0.29, 0.717) is 17.1 Å². The van der Waals surface area contributed by atoms with E-state index in [9.17, 15) is 14.7 Å². The van der Waals surface area contributed by atoms with Crippen molar-refractivity contribution < 1.29 is 19.4 Å². The Kier molecular flexibility index (Phi) is 8.49. The molecule has 0 heterocycles. The molecule has 6 heteroatoms. The standard InChI is InChI=1S/C23H24ClNO4/c1-3-4-15-25-23(28)22(21(27)18-10-5-16(2)6-11-18)29-20(26)14-9-17-7-12-19(24)13-8-17/h5-14,27H,3-4,15H2,1-2H3,(H,25,28)/b14-9-,22-21+. The number of halogens is 1. The zero-order valence-corrected chi connectivity index (χ0v) is 17.2. The molecule has 0 aromatic heterocycles. The van der Waals surface area contributed by atoms with Gasteiger partial charge in [-0.05, 0) is 37.1 Å². The summed E-state index contributed by atoms with van der Waals surface area (Å²) in [6.45, 7) is 4.32. The van der Waals surface area contributed by atoms with Crippen molar-refractivity contribution in [1.29, 1.82) is 0 Å². The molecule has 0 unspecified atom stereocenters. The van der Waals surface area contributed by atoms with Crippen molar-refractivity contribution in [1.82, 2.24) is 5.32 Å². The predicted molar refractivity (Wildman–Crippen MR) is 115 cm³/mol. The highest BCUT2D eigenvalue weighted by Crippen LogP contribution is 2.19. The van der Waals surface area contributed by atoms with E-state index in [0.717, 1.165) is 24.0 Å². The van der Waals surface area contributed by atoms with Crippen molar-refractivity contribution in [2.45, 2.75) is 26.7 Å². The van der Waals surface area contributed by atoms with E-state index in [-0.39, 0.29) is 0 Å². The van der Waals surface area contributed by atoms with E-state index in [4.69, 9.17) is 16.3 Å². The fraction of sp³-hybridized carbons (Fsp3) is 0.217. The monoisotopic (exact) mass is 413 g/mol. The van der Waals surface area contributed by atoms with Gasteiger partial charge in [0.25, 0.3) is 5.91 Å². The van der Waals surface area contributed by atoms with E-state index >= 15 is 0 Å². The molecule has 152 valence electrons. The number of amides is 1. The lowest BCUT2D eigenvalue weighted by molar-refractivity contribution is -0.138. The highest BCUT2D eigenvalue weighted by Gasteiger charge is 2.21. The Bertz CT molecular complexity index is 899. The van der Waals surface area contributed by atoms with Crippen molar-refractivity contribution in [3.8, 4) is 0 Å². The molecule has 0 aliphatic rings. The number of aliphatic hydroxyl groups is 1. The highest BCUT2D eigenvalue weighted by molar-refractivity contribution is 6.30. The molecular weight excluding hydrogens is 390 g/mol. The van der Waals surface area contributed by atoms with E-state index in [1.807, 2.05) is 13.8 Å². The SMILES string of the molecule is CCCCNC(=O)/C(OC(=O)/C=C\c1ccc(Cl)cc1)=C(\O)c1ccc(C)cc1. The zero-order valence-electron chi connectivity index (χ0n) is 16.4. The highest BCUT2D eigenvalue weighted by atomic mass is 35.5. The Morgan fingerprint density at radius 2 is 1.76 bits per heavy atom. The maximum Gasteiger partial charge on any atom is 0.336 e. The molecule has 0 saturated heterocycles. The van der Waals surface area contributed by atoms with Gasteiger partial charge in [0, 0.05) is 23.2 Å². The molecule has 1 amide bonds. The van der Waals surface area contributed by atoms with Crippen LogP contribution in [0.15, 0.2) is 60.4 Å². The summed E-state index contributed by atoms with van der Waals surface area (Å²) in [5.74, 6) is -2.26. The molecule has 0 atom stereocenters. The largest absolute Gasteiger partial charge is 0.504 e. The van der Waals surface area contributed by atoms with Gasteiger partial charge in [-0.25, -0.2) is 4.79 Å². The number of hydrogen-bond donors (Lipinski definition) is 2. The maximum atomic E-state index is 12.5. The molecule has 0 aliphatic heterocycles. The molecule has 0 saturated carbocycles. The molecular formula is C23H24ClNO4. The van der Waals surface area contributed by atoms with Crippen LogP contribution in [0.4, 0.5) is 0 Å². The zero-order chi connectivity index (χ0) is 21.2. The van der Waals surface area contributed by atoms with Crippen LogP contribution in [-0.2, 0) is 14.3 Å². The van der Waals surface area contributed by atoms with Crippen molar-refractivity contribution in [2.75, 3.05) is 6.54 Å². The summed E-state index contributed by atoms with van der Waals surface area (Å²) in [6, 6.07) is 13.8. The van der Waals surface area contributed by atoms with Gasteiger partial charge in [-0.15, -0.1) is 0 Å². The lowest BCUT2D eigenvalue weighted by atomic mass is 10.1. The van der Waals surface area contributed by atoms with Crippen molar-refractivity contribution in [2.24, 2.45) is 0 Å². The minimum Gasteiger partial charge on any atom is -0.504 e. The predicted octanol–water partition coefficient (Wildman–Crippen LogP) is 5.05. The van der Waals surface area contributed by atoms with Gasteiger partial charge in [0.05, 0.1) is 0 Å². The molecule has 2 aromatic carbocycles. The van der Waals surface area contributed by atoms with Gasteiger partial charge in [0.15, 0.2) is 5.76 Å². The average Bonchev–Trinajstić information content (AvgIpc) is 2.71. The third-order valence-corrected chi connectivity index (χ3v) is 4.30. The van der Waals surface area contributed by atoms with Crippen LogP contribution >= 0.6 is 11.6 Å². The van der Waals surface area contributed by atoms with Crippen LogP contribution < -0.4 is 5.32 Å². The van der Waals surface area contributed by atoms with Gasteiger partial charge < -0.3 is 15.2 Å². The van der Waals surface area contributed by atoms with Crippen LogP contribution in [0.5, 0.6) is 0 Å². The summed E-state index contributed by atoms with van der Waals surface area (Å²) in [7, 11) is 0. The summed E-state index contributed by atoms with van der Waals surface area (Å²) in [6.07, 6.45) is 4.39. The number of carbonyl (C=O) groups is 2. The van der Waals surface area contributed by atoms with Crippen LogP contribution in [0.3, 0.4) is 0 Å². The summed E-state index contributed by atoms with van der Waals surface area (Å²) in [5.41, 5.74) is 2.12. The maximum absolute atomic E-state index is 12.5. The number of unbranched alkanes of at least 4 members (excludes halogenated alkanes) is 1. The first kappa shape index (κ1) is 22.2. The van der Waals surface area contributed by atoms with Crippen LogP contribution in [0, 0.1) is 6.92 Å². The molecule has 0 aliphatic carbocycles. The average molecular weight is 414 g/mol. The molecule has 0 radical (unpaired) electrons. The van der Waals surface area contributed by atoms with Gasteiger partial charge in [-0.2, -0.15) is 0 Å². The number of carbonyl (C=O) groups excluding carboxylic acids is 2. The van der Waals surface area contributed by atoms with Crippen LogP contribution in [0.1, 0.15) is 36.5 Å². The topological polar surface area (TPSA) is 75.6 Å². The minimum atomic E-state index is -0.778. The first-order valence-electron chi connectivity index (χ1n) is 9.34. The van der Waals surface area contributed by atoms with E-state index < -0.39 is 23.4 Å². The number of benzene rings is 2. The third kappa shape index (κ3) is 7.12. The van der Waals surface area contributed by atoms with E-state index in [1.54, 1.807) is 48.5 Å². The summed E-state index contributed by atoms with van der Waals surface area (Å²) >= 11 is 5.84. The number of nitrogens with one attached hydrogen (secondary N) is 1. The second-order valence-electron chi connectivity index (χ2n) is 6.46. The number of rotatable bonds is 8. The number of hydrogen-bond acceptors (Lipinski definition) is 4. The first-order valence-corrected chi connectivity index (χ1v) is 9.72. The number of aliphatic hydroxyl groups excluding tert-OH is 1. The molecule has 29 heavy (non-hydrogen) atoms. The summed E-state index contributed by atoms with van der Waals surface area (Å²) < 4.78 is 5.20. The Labute approximate surface area is 175 Å². The quantitative estimate of drug-likeness (QED) is 0.275. The first-order chi connectivity index (χ1) is 13.9. The van der Waals surface area contributed by atoms with Crippen molar-refractivity contribution in [3.63, 3.8) is 0 Å². The number of esters is 1. The van der Waals surface area contributed by atoms with Crippen LogP contribution in [0.25, 0.3) is 11.8 Å². The Morgan fingerprint density at radius 3 is 2.38 bits per heavy atom. The lowest BCUT2D eigenvalue weighted by Gasteiger charge is -2.11. The Hall–Kier alpha value is -3.05. The van der Waals surface area contributed by atoms with Gasteiger partial charge in [0.1, 0.15) is 0 Å². The van der Waals surface area contributed by atoms with E-state index in [2.05, 4.69) is 5.32 Å². The molecule has 0 bridgehead atoms. The Balaban J connectivity index is 2.22. The lowest BCUT2D eigenvalue weighted by Crippen LogP contribution is -2.28. The van der Waals surface area contributed by atoms with Crippen molar-refractivity contribution in [3.05, 3.63) is 82.1 Å². The molecule has 2 N–H and O–H groups in total. The summed E-state index contributed by atoms with van der Waals surface area (Å²) in [4.78, 5) is 24.8. The van der Waals surface area contributed by atoms with E-state index in [1.165, 1.54) is 12.2 Å². The summed E-state index contributed by atoms with van der Waals surface area (Å²) in [5, 5.41) is 13.8. The second-order valence-corrected chi connectivity index (χ2v) is 6.90. The fourth-order valence-electron chi connectivity index (χ4n) is 2.38. The van der Waals surface area contributed by atoms with Gasteiger partial charge in [-0.1, -0.05) is 66.9 Å². The molecule has 0 spiro atoms. The van der Waals surface area contributed by atoms with Crippen LogP contribution in [0.2, 0.25) is 5.02 Å². The van der Waals surface area contributed by atoms with Gasteiger partial charge in [0.2, 0.25) is 5.76 Å². The van der Waals surface area contributed by atoms with Crippen molar-refractivity contribution >= 4 is 35.3 Å². The number of ether oxygens (including phenoxy) is 1. The minimum absolute atomic E-state index is 0.380. The molecule has 0 fully saturated rings. The second kappa shape index (κ2) is 11.1. The third-order valence-electron chi connectivity index (χ3n) is 4.05. The van der Waals surface area contributed by atoms with Gasteiger partial charge in [-0.3, -0.25) is 4.79 Å². The fourth-order valence-corrected chi connectivity index (χ4v) is 2.50. The Morgan fingerprint density at radius 1 is 1.10 bits per heavy atom. The smallest absolute Gasteiger partial charge is 0.336 e. The normalized spacial score (nSPS) is 11.8. The van der Waals surface area contributed by atoms with Gasteiger partial charge >= 0.3 is 5.97 Å². The molecule has 2 rings (SSSR count).